The summed E-state index contributed by atoms with van der Waals surface area (Å²) in [6, 6.07) is 7.33. The van der Waals surface area contributed by atoms with Gasteiger partial charge in [0, 0.05) is 23.5 Å². The van der Waals surface area contributed by atoms with Gasteiger partial charge in [-0.3, -0.25) is 0 Å². The third kappa shape index (κ3) is 4.97. The Balaban J connectivity index is 1.95. The SMILES string of the molecule is [N-]=[N+]=C1C=CC(Nc2cccc(OCC[P+](=O)O)c2)=CC1. The molecule has 1 aliphatic rings. The molecule has 0 aromatic heterocycles. The summed E-state index contributed by atoms with van der Waals surface area (Å²) in [5.41, 5.74) is 11.0. The van der Waals surface area contributed by atoms with Gasteiger partial charge in [0.25, 0.3) is 5.71 Å². The smallest absolute Gasteiger partial charge is 0.489 e. The molecule has 0 radical (unpaired) electrons. The monoisotopic (exact) mass is 304 g/mol. The maximum absolute atomic E-state index is 10.6. The van der Waals surface area contributed by atoms with Crippen LogP contribution in [0.15, 0.2) is 48.2 Å². The molecule has 0 fully saturated rings. The van der Waals surface area contributed by atoms with Crippen LogP contribution in [0.25, 0.3) is 5.53 Å². The van der Waals surface area contributed by atoms with E-state index in [2.05, 4.69) is 10.1 Å². The highest BCUT2D eigenvalue weighted by molar-refractivity contribution is 7.38. The number of nitrogens with zero attached hydrogens (tertiary/aromatic N) is 2. The molecule has 0 spiro atoms. The highest BCUT2D eigenvalue weighted by Gasteiger charge is 2.10. The Hall–Kier alpha value is -2.26. The summed E-state index contributed by atoms with van der Waals surface area (Å²) in [6.45, 7) is 0.202. The lowest BCUT2D eigenvalue weighted by molar-refractivity contribution is -0.00540. The summed E-state index contributed by atoms with van der Waals surface area (Å²) in [4.78, 5) is 11.9. The highest BCUT2D eigenvalue weighted by atomic mass is 31.1. The molecule has 2 N–H and O–H groups in total. The molecule has 0 saturated carbocycles. The van der Waals surface area contributed by atoms with Gasteiger partial charge in [-0.1, -0.05) is 6.07 Å². The first-order chi connectivity index (χ1) is 10.2. The highest BCUT2D eigenvalue weighted by Crippen LogP contribution is 2.21. The Morgan fingerprint density at radius 1 is 1.43 bits per heavy atom. The zero-order valence-electron chi connectivity index (χ0n) is 11.3. The minimum absolute atomic E-state index is 0.115. The van der Waals surface area contributed by atoms with Crippen molar-refractivity contribution >= 4 is 19.4 Å². The van der Waals surface area contributed by atoms with Crippen LogP contribution in [0.2, 0.25) is 0 Å². The number of anilines is 1. The van der Waals surface area contributed by atoms with Crippen LogP contribution in [0.3, 0.4) is 0 Å². The van der Waals surface area contributed by atoms with E-state index in [9.17, 15) is 4.57 Å². The molecule has 1 aliphatic carbocycles. The number of benzene rings is 1. The fourth-order valence-electron chi connectivity index (χ4n) is 1.78. The number of hydrogen-bond acceptors (Lipinski definition) is 3. The van der Waals surface area contributed by atoms with Crippen LogP contribution >= 0.6 is 8.03 Å². The molecule has 0 amide bonds. The molecule has 108 valence electrons. The average molecular weight is 304 g/mol. The second-order valence-corrected chi connectivity index (χ2v) is 5.52. The van der Waals surface area contributed by atoms with Crippen molar-refractivity contribution in [3.05, 3.63) is 53.7 Å². The summed E-state index contributed by atoms with van der Waals surface area (Å²) < 4.78 is 16.0. The first-order valence-corrected chi connectivity index (χ1v) is 7.80. The van der Waals surface area contributed by atoms with Crippen molar-refractivity contribution in [2.75, 3.05) is 18.1 Å². The van der Waals surface area contributed by atoms with E-state index >= 15 is 0 Å². The predicted octanol–water partition coefficient (Wildman–Crippen LogP) is 2.73. The maximum Gasteiger partial charge on any atom is 0.509 e. The van der Waals surface area contributed by atoms with Gasteiger partial charge in [0.05, 0.1) is 6.42 Å². The van der Waals surface area contributed by atoms with Gasteiger partial charge in [0.2, 0.25) is 6.16 Å². The van der Waals surface area contributed by atoms with Crippen molar-refractivity contribution in [3.63, 3.8) is 0 Å². The minimum atomic E-state index is -2.16. The van der Waals surface area contributed by atoms with Crippen molar-refractivity contribution in [2.45, 2.75) is 6.42 Å². The molecule has 2 rings (SSSR count). The van der Waals surface area contributed by atoms with Crippen molar-refractivity contribution < 1.29 is 19.0 Å². The van der Waals surface area contributed by atoms with Gasteiger partial charge < -0.3 is 15.6 Å². The first-order valence-electron chi connectivity index (χ1n) is 6.40. The third-order valence-electron chi connectivity index (χ3n) is 2.79. The van der Waals surface area contributed by atoms with Crippen molar-refractivity contribution in [1.29, 1.82) is 0 Å². The molecule has 1 unspecified atom stereocenters. The van der Waals surface area contributed by atoms with Gasteiger partial charge in [0.1, 0.15) is 12.4 Å². The Bertz CT molecular complexity index is 649. The van der Waals surface area contributed by atoms with Gasteiger partial charge >= 0.3 is 8.03 Å². The molecule has 1 aromatic rings. The van der Waals surface area contributed by atoms with Crippen LogP contribution in [0, 0.1) is 0 Å². The van der Waals surface area contributed by atoms with Gasteiger partial charge in [-0.15, -0.1) is 0 Å². The molecule has 21 heavy (non-hydrogen) atoms. The van der Waals surface area contributed by atoms with E-state index in [-0.39, 0.29) is 12.8 Å². The lowest BCUT2D eigenvalue weighted by Gasteiger charge is -2.10. The third-order valence-corrected chi connectivity index (χ3v) is 3.35. The van der Waals surface area contributed by atoms with Crippen LogP contribution in [0.5, 0.6) is 5.75 Å². The Kier molecular flexibility index (Phi) is 5.41. The normalized spacial score (nSPS) is 14.2. The number of allylic oxidation sites excluding steroid dienone is 3. The van der Waals surface area contributed by atoms with Crippen LogP contribution in [-0.4, -0.2) is 28.2 Å². The standard InChI is InChI=1S/C14H14N3O3P/c15-17-12-6-4-11(5-7-12)16-13-2-1-3-14(10-13)20-8-9-21(18)19/h1-6,10,16H,7-9H2/p+1. The fraction of sp³-hybridized carbons (Fsp3) is 0.214. The lowest BCUT2D eigenvalue weighted by atomic mass is 10.1. The van der Waals surface area contributed by atoms with Crippen LogP contribution in [-0.2, 0) is 4.57 Å². The largest absolute Gasteiger partial charge is 0.509 e. The zero-order valence-corrected chi connectivity index (χ0v) is 12.2. The fourth-order valence-corrected chi connectivity index (χ4v) is 2.02. The number of nitrogens with one attached hydrogen (secondary N) is 1. The molecule has 1 aromatic carbocycles. The molecule has 0 saturated heterocycles. The maximum atomic E-state index is 10.6. The second-order valence-electron chi connectivity index (χ2n) is 4.37. The molecule has 1 atom stereocenters. The topological polar surface area (TPSA) is 95.0 Å². The lowest BCUT2D eigenvalue weighted by Crippen LogP contribution is -2.05. The van der Waals surface area contributed by atoms with E-state index in [0.29, 0.717) is 17.9 Å². The molecule has 0 bridgehead atoms. The predicted molar refractivity (Wildman–Crippen MR) is 80.7 cm³/mol. The molecule has 0 heterocycles. The Labute approximate surface area is 123 Å². The summed E-state index contributed by atoms with van der Waals surface area (Å²) in [7, 11) is -2.16. The molecular formula is C14H15N3O3P+. The van der Waals surface area contributed by atoms with Crippen molar-refractivity contribution in [3.8, 4) is 5.75 Å². The van der Waals surface area contributed by atoms with E-state index in [0.717, 1.165) is 11.4 Å². The Morgan fingerprint density at radius 2 is 2.29 bits per heavy atom. The number of rotatable bonds is 6. The van der Waals surface area contributed by atoms with E-state index in [1.54, 1.807) is 12.1 Å². The zero-order chi connectivity index (χ0) is 15.1. The minimum Gasteiger partial charge on any atom is -0.489 e. The second kappa shape index (κ2) is 7.50. The first kappa shape index (κ1) is 15.1. The quantitative estimate of drug-likeness (QED) is 0.480. The van der Waals surface area contributed by atoms with E-state index in [1.807, 2.05) is 30.4 Å². The average Bonchev–Trinajstić information content (AvgIpc) is 2.48. The van der Waals surface area contributed by atoms with Gasteiger partial charge in [-0.25, -0.2) is 0 Å². The van der Waals surface area contributed by atoms with Crippen LogP contribution < -0.4 is 10.1 Å². The number of ether oxygens (including phenoxy) is 1. The van der Waals surface area contributed by atoms with E-state index in [1.165, 1.54) is 0 Å². The summed E-state index contributed by atoms with van der Waals surface area (Å²) in [5.74, 6) is 0.634. The van der Waals surface area contributed by atoms with Crippen molar-refractivity contribution in [1.82, 2.24) is 0 Å². The van der Waals surface area contributed by atoms with E-state index in [4.69, 9.17) is 15.2 Å². The molecule has 0 aliphatic heterocycles. The number of hydrogen-bond donors (Lipinski definition) is 2. The van der Waals surface area contributed by atoms with Crippen LogP contribution in [0.4, 0.5) is 5.69 Å². The van der Waals surface area contributed by atoms with E-state index < -0.39 is 8.03 Å². The van der Waals surface area contributed by atoms with Gasteiger partial charge in [-0.05, 0) is 28.8 Å². The Morgan fingerprint density at radius 3 is 2.95 bits per heavy atom. The molecule has 7 heteroatoms. The van der Waals surface area contributed by atoms with Crippen LogP contribution in [0.1, 0.15) is 6.42 Å². The van der Waals surface area contributed by atoms with Gasteiger partial charge in [0.15, 0.2) is 0 Å². The van der Waals surface area contributed by atoms with Crippen molar-refractivity contribution in [2.24, 2.45) is 0 Å². The molecular weight excluding hydrogens is 289 g/mol. The summed E-state index contributed by atoms with van der Waals surface area (Å²) in [5, 5.41) is 3.22. The summed E-state index contributed by atoms with van der Waals surface area (Å²) >= 11 is 0. The summed E-state index contributed by atoms with van der Waals surface area (Å²) in [6.07, 6.45) is 6.15. The van der Waals surface area contributed by atoms with Gasteiger partial charge in [-0.2, -0.15) is 9.68 Å². The molecule has 6 nitrogen and oxygen atoms in total.